The number of rotatable bonds is 3. The Bertz CT molecular complexity index is 675. The molecule has 1 aromatic heterocycles. The molecule has 0 atom stereocenters. The van der Waals surface area contributed by atoms with Gasteiger partial charge in [0.15, 0.2) is 0 Å². The summed E-state index contributed by atoms with van der Waals surface area (Å²) in [5, 5.41) is 8.49. The van der Waals surface area contributed by atoms with Crippen LogP contribution in [-0.2, 0) is 6.42 Å². The second-order valence-electron chi connectivity index (χ2n) is 4.06. The summed E-state index contributed by atoms with van der Waals surface area (Å²) >= 11 is 0. The molecule has 0 saturated heterocycles. The van der Waals surface area contributed by atoms with Gasteiger partial charge in [-0.2, -0.15) is 5.26 Å². The maximum Gasteiger partial charge on any atom is 0.573 e. The molecule has 0 fully saturated rings. The maximum atomic E-state index is 13.6. The molecule has 1 heterocycles. The van der Waals surface area contributed by atoms with Gasteiger partial charge in [-0.05, 0) is 23.8 Å². The van der Waals surface area contributed by atoms with Gasteiger partial charge < -0.3 is 4.74 Å². The lowest BCUT2D eigenvalue weighted by atomic mass is 10.1. The van der Waals surface area contributed by atoms with E-state index in [1.165, 1.54) is 24.4 Å². The van der Waals surface area contributed by atoms with Gasteiger partial charge in [0, 0.05) is 11.8 Å². The summed E-state index contributed by atoms with van der Waals surface area (Å²) in [6, 6.07) is 7.95. The van der Waals surface area contributed by atoms with Crippen molar-refractivity contribution in [2.24, 2.45) is 0 Å². The molecule has 0 radical (unpaired) electrons. The highest BCUT2D eigenvalue weighted by Crippen LogP contribution is 2.26. The average Bonchev–Trinajstić information content (AvgIpc) is 2.40. The van der Waals surface area contributed by atoms with E-state index in [9.17, 15) is 17.6 Å². The predicted octanol–water partition coefficient (Wildman–Crippen LogP) is 3.85. The van der Waals surface area contributed by atoms with E-state index in [0.29, 0.717) is 11.1 Å². The molecular weight excluding hydrogens is 288 g/mol. The van der Waals surface area contributed by atoms with Crippen molar-refractivity contribution in [1.29, 1.82) is 5.26 Å². The van der Waals surface area contributed by atoms with Crippen molar-refractivity contribution < 1.29 is 22.3 Å². The van der Waals surface area contributed by atoms with Crippen molar-refractivity contribution in [3.63, 3.8) is 0 Å². The van der Waals surface area contributed by atoms with Gasteiger partial charge in [-0.15, -0.1) is 13.2 Å². The number of nitrogens with zero attached hydrogens (tertiary/aromatic N) is 2. The van der Waals surface area contributed by atoms with E-state index < -0.39 is 12.2 Å². The Morgan fingerprint density at radius 3 is 2.33 bits per heavy atom. The fourth-order valence-corrected chi connectivity index (χ4v) is 1.68. The summed E-state index contributed by atoms with van der Waals surface area (Å²) < 4.78 is 53.5. The number of benzene rings is 1. The summed E-state index contributed by atoms with van der Waals surface area (Å²) in [5.41, 5.74) is 0.908. The molecule has 0 aliphatic rings. The van der Waals surface area contributed by atoms with Gasteiger partial charge in [0.1, 0.15) is 11.6 Å². The van der Waals surface area contributed by atoms with Crippen molar-refractivity contribution in [3.05, 3.63) is 48.0 Å². The van der Waals surface area contributed by atoms with Crippen LogP contribution in [0.15, 0.2) is 36.5 Å². The number of ether oxygens (including phenoxy) is 1. The molecule has 0 aliphatic carbocycles. The van der Waals surface area contributed by atoms with Gasteiger partial charge in [-0.1, -0.05) is 12.1 Å². The fourth-order valence-electron chi connectivity index (χ4n) is 1.68. The van der Waals surface area contributed by atoms with Gasteiger partial charge in [-0.3, -0.25) is 4.98 Å². The molecule has 0 saturated carbocycles. The quantitative estimate of drug-likeness (QED) is 0.808. The first-order valence-electron chi connectivity index (χ1n) is 5.76. The fraction of sp³-hybridized carbons (Fsp3) is 0.143. The monoisotopic (exact) mass is 296 g/mol. The zero-order chi connectivity index (χ0) is 15.5. The number of nitriles is 1. The molecule has 7 heteroatoms. The van der Waals surface area contributed by atoms with E-state index in [1.807, 2.05) is 0 Å². The Balaban J connectivity index is 2.23. The SMILES string of the molecule is N#CCc1ncc(-c2ccc(OC(F)(F)F)cc2)cc1F. The summed E-state index contributed by atoms with van der Waals surface area (Å²) in [4.78, 5) is 3.82. The van der Waals surface area contributed by atoms with Crippen LogP contribution in [0, 0.1) is 17.1 Å². The highest BCUT2D eigenvalue weighted by Gasteiger charge is 2.30. The zero-order valence-corrected chi connectivity index (χ0v) is 10.5. The molecule has 0 N–H and O–H groups in total. The topological polar surface area (TPSA) is 45.9 Å². The minimum atomic E-state index is -4.76. The number of halogens is 4. The first kappa shape index (κ1) is 14.8. The van der Waals surface area contributed by atoms with Crippen LogP contribution in [0.3, 0.4) is 0 Å². The van der Waals surface area contributed by atoms with E-state index in [-0.39, 0.29) is 17.9 Å². The zero-order valence-electron chi connectivity index (χ0n) is 10.5. The lowest BCUT2D eigenvalue weighted by Gasteiger charge is -2.09. The van der Waals surface area contributed by atoms with E-state index in [0.717, 1.165) is 12.1 Å². The minimum Gasteiger partial charge on any atom is -0.406 e. The van der Waals surface area contributed by atoms with Crippen LogP contribution < -0.4 is 4.74 Å². The number of aromatic nitrogens is 1. The van der Waals surface area contributed by atoms with E-state index in [2.05, 4.69) is 9.72 Å². The Morgan fingerprint density at radius 1 is 1.14 bits per heavy atom. The first-order valence-corrected chi connectivity index (χ1v) is 5.76. The molecule has 2 rings (SSSR count). The van der Waals surface area contributed by atoms with E-state index >= 15 is 0 Å². The van der Waals surface area contributed by atoms with Crippen LogP contribution in [0.25, 0.3) is 11.1 Å². The molecule has 2 aromatic rings. The van der Waals surface area contributed by atoms with Crippen LogP contribution >= 0.6 is 0 Å². The Labute approximate surface area is 117 Å². The van der Waals surface area contributed by atoms with Crippen molar-refractivity contribution in [1.82, 2.24) is 4.98 Å². The van der Waals surface area contributed by atoms with Crippen LogP contribution in [0.5, 0.6) is 5.75 Å². The lowest BCUT2D eigenvalue weighted by molar-refractivity contribution is -0.274. The van der Waals surface area contributed by atoms with Gasteiger partial charge in [-0.25, -0.2) is 4.39 Å². The predicted molar refractivity (Wildman–Crippen MR) is 65.6 cm³/mol. The van der Waals surface area contributed by atoms with Crippen molar-refractivity contribution in [3.8, 4) is 22.9 Å². The average molecular weight is 296 g/mol. The largest absolute Gasteiger partial charge is 0.573 e. The second-order valence-corrected chi connectivity index (χ2v) is 4.06. The van der Waals surface area contributed by atoms with Crippen molar-refractivity contribution >= 4 is 0 Å². The van der Waals surface area contributed by atoms with Crippen molar-refractivity contribution in [2.45, 2.75) is 12.8 Å². The molecule has 0 unspecified atom stereocenters. The number of hydrogen-bond acceptors (Lipinski definition) is 3. The van der Waals surface area contributed by atoms with E-state index in [1.54, 1.807) is 6.07 Å². The van der Waals surface area contributed by atoms with Crippen LogP contribution in [0.4, 0.5) is 17.6 Å². The molecule has 1 aromatic carbocycles. The minimum absolute atomic E-state index is 0.0262. The molecule has 21 heavy (non-hydrogen) atoms. The normalized spacial score (nSPS) is 11.0. The van der Waals surface area contributed by atoms with Crippen molar-refractivity contribution in [2.75, 3.05) is 0 Å². The second kappa shape index (κ2) is 5.79. The highest BCUT2D eigenvalue weighted by atomic mass is 19.4. The smallest absolute Gasteiger partial charge is 0.406 e. The molecule has 0 spiro atoms. The van der Waals surface area contributed by atoms with Gasteiger partial charge in [0.05, 0.1) is 18.2 Å². The summed E-state index contributed by atoms with van der Waals surface area (Å²) in [5.74, 6) is -0.995. The molecule has 3 nitrogen and oxygen atoms in total. The number of hydrogen-bond donors (Lipinski definition) is 0. The molecule has 0 amide bonds. The Hall–Kier alpha value is -2.62. The van der Waals surface area contributed by atoms with Gasteiger partial charge >= 0.3 is 6.36 Å². The molecule has 0 aliphatic heterocycles. The maximum absolute atomic E-state index is 13.6. The Kier molecular flexibility index (Phi) is 4.08. The molecule has 0 bridgehead atoms. The first-order chi connectivity index (χ1) is 9.89. The highest BCUT2D eigenvalue weighted by molar-refractivity contribution is 5.63. The summed E-state index contributed by atoms with van der Waals surface area (Å²) in [6.45, 7) is 0. The number of pyridine rings is 1. The number of alkyl halides is 3. The van der Waals surface area contributed by atoms with Crippen LogP contribution in [0.1, 0.15) is 5.69 Å². The third-order valence-corrected chi connectivity index (χ3v) is 2.59. The molecular formula is C14H8F4N2O. The third-order valence-electron chi connectivity index (χ3n) is 2.59. The molecule has 108 valence electrons. The standard InChI is InChI=1S/C14H8F4N2O/c15-12-7-10(8-20-13(12)5-6-19)9-1-3-11(4-2-9)21-14(16,17)18/h1-4,7-8H,5H2. The van der Waals surface area contributed by atoms with Crippen LogP contribution in [0.2, 0.25) is 0 Å². The Morgan fingerprint density at radius 2 is 1.81 bits per heavy atom. The van der Waals surface area contributed by atoms with E-state index in [4.69, 9.17) is 5.26 Å². The van der Waals surface area contributed by atoms with Crippen LogP contribution in [-0.4, -0.2) is 11.3 Å². The summed E-state index contributed by atoms with van der Waals surface area (Å²) in [7, 11) is 0. The summed E-state index contributed by atoms with van der Waals surface area (Å²) in [6.07, 6.45) is -3.55. The third kappa shape index (κ3) is 3.92. The lowest BCUT2D eigenvalue weighted by Crippen LogP contribution is -2.16. The van der Waals surface area contributed by atoms with Gasteiger partial charge in [0.2, 0.25) is 0 Å². The van der Waals surface area contributed by atoms with Gasteiger partial charge in [0.25, 0.3) is 0 Å².